The number of nitrogens with zero attached hydrogens (tertiary/aromatic N) is 1. The SMILES string of the molecule is O=C(Cc1cn(Cc2ccc(F)cc2)c2ccccc12)Nc1ccc(Cl)cc1. The van der Waals surface area contributed by atoms with Crippen LogP contribution in [-0.2, 0) is 17.8 Å². The fourth-order valence-electron chi connectivity index (χ4n) is 3.29. The minimum Gasteiger partial charge on any atom is -0.343 e. The van der Waals surface area contributed by atoms with Crippen molar-refractivity contribution in [2.75, 3.05) is 5.32 Å². The molecule has 1 aromatic heterocycles. The van der Waals surface area contributed by atoms with E-state index >= 15 is 0 Å². The molecule has 0 aliphatic carbocycles. The summed E-state index contributed by atoms with van der Waals surface area (Å²) in [5, 5.41) is 4.56. The predicted octanol–water partition coefficient (Wildman–Crippen LogP) is 5.66. The molecule has 1 N–H and O–H groups in total. The number of anilines is 1. The Bertz CT molecular complexity index is 1120. The van der Waals surface area contributed by atoms with Gasteiger partial charge in [0, 0.05) is 34.4 Å². The molecule has 3 nitrogen and oxygen atoms in total. The van der Waals surface area contributed by atoms with Crippen LogP contribution in [0.4, 0.5) is 10.1 Å². The molecule has 0 radical (unpaired) electrons. The molecular weight excluding hydrogens is 375 g/mol. The average molecular weight is 393 g/mol. The first-order valence-electron chi connectivity index (χ1n) is 8.95. The molecule has 1 heterocycles. The summed E-state index contributed by atoms with van der Waals surface area (Å²) in [7, 11) is 0. The fourth-order valence-corrected chi connectivity index (χ4v) is 3.42. The molecule has 140 valence electrons. The second-order valence-corrected chi connectivity index (χ2v) is 7.09. The van der Waals surface area contributed by atoms with Crippen molar-refractivity contribution in [1.29, 1.82) is 0 Å². The van der Waals surface area contributed by atoms with E-state index in [0.29, 0.717) is 17.3 Å². The first-order chi connectivity index (χ1) is 13.6. The second kappa shape index (κ2) is 7.87. The van der Waals surface area contributed by atoms with E-state index in [9.17, 15) is 9.18 Å². The molecular formula is C23H18ClFN2O. The third-order valence-electron chi connectivity index (χ3n) is 4.62. The summed E-state index contributed by atoms with van der Waals surface area (Å²) >= 11 is 5.88. The van der Waals surface area contributed by atoms with Crippen molar-refractivity contribution >= 4 is 34.1 Å². The Labute approximate surface area is 167 Å². The van der Waals surface area contributed by atoms with Crippen molar-refractivity contribution in [3.05, 3.63) is 101 Å². The van der Waals surface area contributed by atoms with Gasteiger partial charge < -0.3 is 9.88 Å². The van der Waals surface area contributed by atoms with Crippen LogP contribution >= 0.6 is 11.6 Å². The zero-order valence-electron chi connectivity index (χ0n) is 15.0. The number of hydrogen-bond acceptors (Lipinski definition) is 1. The van der Waals surface area contributed by atoms with Crippen molar-refractivity contribution in [2.24, 2.45) is 0 Å². The third-order valence-corrected chi connectivity index (χ3v) is 4.87. The van der Waals surface area contributed by atoms with Crippen LogP contribution in [0.2, 0.25) is 5.02 Å². The lowest BCUT2D eigenvalue weighted by Gasteiger charge is -2.05. The van der Waals surface area contributed by atoms with Gasteiger partial charge in [-0.15, -0.1) is 0 Å². The van der Waals surface area contributed by atoms with Crippen LogP contribution in [0.3, 0.4) is 0 Å². The molecule has 4 aromatic rings. The Morgan fingerprint density at radius 3 is 2.43 bits per heavy atom. The predicted molar refractivity (Wildman–Crippen MR) is 111 cm³/mol. The lowest BCUT2D eigenvalue weighted by Crippen LogP contribution is -2.14. The fraction of sp³-hybridized carbons (Fsp3) is 0.0870. The zero-order valence-corrected chi connectivity index (χ0v) is 15.8. The van der Waals surface area contributed by atoms with Crippen LogP contribution in [0.25, 0.3) is 10.9 Å². The first kappa shape index (κ1) is 18.3. The van der Waals surface area contributed by atoms with E-state index in [4.69, 9.17) is 11.6 Å². The standard InChI is InChI=1S/C23H18ClFN2O/c24-18-7-11-20(12-8-18)26-23(28)13-17-15-27(22-4-2-1-3-21(17)22)14-16-5-9-19(25)10-6-16/h1-12,15H,13-14H2,(H,26,28). The van der Waals surface area contributed by atoms with E-state index in [1.165, 1.54) is 12.1 Å². The van der Waals surface area contributed by atoms with Gasteiger partial charge in [0.1, 0.15) is 5.82 Å². The van der Waals surface area contributed by atoms with Crippen molar-refractivity contribution in [2.45, 2.75) is 13.0 Å². The van der Waals surface area contributed by atoms with Crippen molar-refractivity contribution in [1.82, 2.24) is 4.57 Å². The van der Waals surface area contributed by atoms with Crippen LogP contribution in [0.15, 0.2) is 79.0 Å². The van der Waals surface area contributed by atoms with E-state index < -0.39 is 0 Å². The van der Waals surface area contributed by atoms with Crippen molar-refractivity contribution < 1.29 is 9.18 Å². The number of hydrogen-bond donors (Lipinski definition) is 1. The third kappa shape index (κ3) is 4.07. The molecule has 0 saturated carbocycles. The Kier molecular flexibility index (Phi) is 5.13. The highest BCUT2D eigenvalue weighted by atomic mass is 35.5. The maximum Gasteiger partial charge on any atom is 0.228 e. The van der Waals surface area contributed by atoms with Gasteiger partial charge >= 0.3 is 0 Å². The summed E-state index contributed by atoms with van der Waals surface area (Å²) in [6.07, 6.45) is 2.26. The lowest BCUT2D eigenvalue weighted by molar-refractivity contribution is -0.115. The van der Waals surface area contributed by atoms with Crippen LogP contribution < -0.4 is 5.32 Å². The first-order valence-corrected chi connectivity index (χ1v) is 9.33. The van der Waals surface area contributed by atoms with Gasteiger partial charge in [-0.25, -0.2) is 4.39 Å². The molecule has 0 fully saturated rings. The number of para-hydroxylation sites is 1. The molecule has 0 atom stereocenters. The minimum atomic E-state index is -0.249. The van der Waals surface area contributed by atoms with Crippen LogP contribution in [0.5, 0.6) is 0 Å². The van der Waals surface area contributed by atoms with Gasteiger partial charge in [0.2, 0.25) is 5.91 Å². The number of nitrogens with one attached hydrogen (secondary N) is 1. The number of aromatic nitrogens is 1. The summed E-state index contributed by atoms with van der Waals surface area (Å²) in [5.41, 5.74) is 3.70. The van der Waals surface area contributed by atoms with Gasteiger partial charge in [0.15, 0.2) is 0 Å². The van der Waals surface area contributed by atoms with Gasteiger partial charge in [0.25, 0.3) is 0 Å². The highest BCUT2D eigenvalue weighted by Gasteiger charge is 2.12. The highest BCUT2D eigenvalue weighted by Crippen LogP contribution is 2.23. The number of amides is 1. The Hall–Kier alpha value is -3.11. The number of carbonyl (C=O) groups is 1. The Morgan fingerprint density at radius 2 is 1.68 bits per heavy atom. The largest absolute Gasteiger partial charge is 0.343 e. The van der Waals surface area contributed by atoms with E-state index in [1.54, 1.807) is 36.4 Å². The molecule has 0 bridgehead atoms. The second-order valence-electron chi connectivity index (χ2n) is 6.66. The Balaban J connectivity index is 1.57. The maximum absolute atomic E-state index is 13.2. The van der Waals surface area contributed by atoms with Crippen LogP contribution in [0, 0.1) is 5.82 Å². The molecule has 0 spiro atoms. The molecule has 4 rings (SSSR count). The van der Waals surface area contributed by atoms with Gasteiger partial charge in [0.05, 0.1) is 6.42 Å². The monoisotopic (exact) mass is 392 g/mol. The molecule has 0 saturated heterocycles. The smallest absolute Gasteiger partial charge is 0.228 e. The molecule has 5 heteroatoms. The number of benzene rings is 3. The summed E-state index contributed by atoms with van der Waals surface area (Å²) in [4.78, 5) is 12.5. The molecule has 0 aliphatic rings. The van der Waals surface area contributed by atoms with Gasteiger partial charge in [-0.05, 0) is 53.6 Å². The average Bonchev–Trinajstić information content (AvgIpc) is 3.03. The molecule has 1 amide bonds. The number of carbonyl (C=O) groups excluding carboxylic acids is 1. The highest BCUT2D eigenvalue weighted by molar-refractivity contribution is 6.30. The summed E-state index contributed by atoms with van der Waals surface area (Å²) in [6.45, 7) is 0.611. The number of halogens is 2. The van der Waals surface area contributed by atoms with Gasteiger partial charge in [-0.2, -0.15) is 0 Å². The summed E-state index contributed by atoms with van der Waals surface area (Å²) in [6, 6.07) is 21.5. The normalized spacial score (nSPS) is 10.9. The molecule has 3 aromatic carbocycles. The Morgan fingerprint density at radius 1 is 0.964 bits per heavy atom. The van der Waals surface area contributed by atoms with Gasteiger partial charge in [-0.1, -0.05) is 41.9 Å². The van der Waals surface area contributed by atoms with E-state index in [2.05, 4.69) is 9.88 Å². The van der Waals surface area contributed by atoms with Crippen molar-refractivity contribution in [3.63, 3.8) is 0 Å². The number of rotatable bonds is 5. The lowest BCUT2D eigenvalue weighted by atomic mass is 10.1. The number of fused-ring (bicyclic) bond motifs is 1. The maximum atomic E-state index is 13.2. The van der Waals surface area contributed by atoms with Gasteiger partial charge in [-0.3, -0.25) is 4.79 Å². The molecule has 0 unspecified atom stereocenters. The topological polar surface area (TPSA) is 34.0 Å². The quantitative estimate of drug-likeness (QED) is 0.467. The molecule has 28 heavy (non-hydrogen) atoms. The van der Waals surface area contributed by atoms with Crippen LogP contribution in [-0.4, -0.2) is 10.5 Å². The summed E-state index contributed by atoms with van der Waals surface area (Å²) < 4.78 is 15.3. The van der Waals surface area contributed by atoms with E-state index in [-0.39, 0.29) is 18.1 Å². The molecule has 0 aliphatic heterocycles. The van der Waals surface area contributed by atoms with E-state index in [0.717, 1.165) is 22.0 Å². The zero-order chi connectivity index (χ0) is 19.5. The van der Waals surface area contributed by atoms with Crippen molar-refractivity contribution in [3.8, 4) is 0 Å². The van der Waals surface area contributed by atoms with Crippen LogP contribution in [0.1, 0.15) is 11.1 Å². The summed E-state index contributed by atoms with van der Waals surface area (Å²) in [5.74, 6) is -0.340. The van der Waals surface area contributed by atoms with E-state index in [1.807, 2.05) is 30.5 Å². The minimum absolute atomic E-state index is 0.0907.